The summed E-state index contributed by atoms with van der Waals surface area (Å²) >= 11 is 0. The van der Waals surface area contributed by atoms with Gasteiger partial charge in [-0.15, -0.1) is 0 Å². The highest BCUT2D eigenvalue weighted by Crippen LogP contribution is 2.50. The molecule has 3 atom stereocenters. The molecular formula is C8H15NO. The minimum Gasteiger partial charge on any atom is -0.390 e. The quantitative estimate of drug-likeness (QED) is 0.558. The third kappa shape index (κ3) is 0.722. The molecule has 0 heterocycles. The summed E-state index contributed by atoms with van der Waals surface area (Å²) in [6.45, 7) is 0.674. The molecule has 3 unspecified atom stereocenters. The Kier molecular flexibility index (Phi) is 1.29. The first kappa shape index (κ1) is 6.62. The Bertz CT molecular complexity index is 148. The minimum atomic E-state index is -0.348. The summed E-state index contributed by atoms with van der Waals surface area (Å²) < 4.78 is 0. The molecule has 0 aromatic heterocycles. The molecule has 0 saturated heterocycles. The second-order valence-electron chi connectivity index (χ2n) is 3.88. The van der Waals surface area contributed by atoms with E-state index in [4.69, 9.17) is 5.73 Å². The van der Waals surface area contributed by atoms with Crippen molar-refractivity contribution in [3.63, 3.8) is 0 Å². The number of fused-ring (bicyclic) bond motifs is 2. The van der Waals surface area contributed by atoms with E-state index in [-0.39, 0.29) is 5.60 Å². The van der Waals surface area contributed by atoms with Gasteiger partial charge in [0.05, 0.1) is 5.60 Å². The minimum absolute atomic E-state index is 0.348. The molecule has 2 aliphatic carbocycles. The third-order valence-corrected chi connectivity index (χ3v) is 3.29. The Morgan fingerprint density at radius 2 is 2.40 bits per heavy atom. The molecule has 0 amide bonds. The molecule has 58 valence electrons. The van der Waals surface area contributed by atoms with E-state index in [1.807, 2.05) is 0 Å². The van der Waals surface area contributed by atoms with Crippen molar-refractivity contribution >= 4 is 0 Å². The van der Waals surface area contributed by atoms with Gasteiger partial charge in [-0.05, 0) is 38.1 Å². The van der Waals surface area contributed by atoms with Gasteiger partial charge in [-0.2, -0.15) is 0 Å². The van der Waals surface area contributed by atoms with Crippen LogP contribution in [0.1, 0.15) is 25.7 Å². The van der Waals surface area contributed by atoms with E-state index in [1.165, 1.54) is 12.8 Å². The standard InChI is InChI=1S/C8H15NO/c9-5-7-3-6-1-2-8(7,10)4-6/h6-7,10H,1-5,9H2. The van der Waals surface area contributed by atoms with E-state index in [0.717, 1.165) is 18.8 Å². The Labute approximate surface area is 61.4 Å². The maximum absolute atomic E-state index is 9.92. The number of hydrogen-bond donors (Lipinski definition) is 2. The van der Waals surface area contributed by atoms with Crippen LogP contribution in [-0.4, -0.2) is 17.3 Å². The van der Waals surface area contributed by atoms with Crippen molar-refractivity contribution < 1.29 is 5.11 Å². The average Bonchev–Trinajstić information content (AvgIpc) is 2.41. The number of hydrogen-bond acceptors (Lipinski definition) is 2. The van der Waals surface area contributed by atoms with E-state index in [1.54, 1.807) is 0 Å². The van der Waals surface area contributed by atoms with Crippen LogP contribution in [0, 0.1) is 11.8 Å². The number of nitrogens with two attached hydrogens (primary N) is 1. The van der Waals surface area contributed by atoms with Crippen molar-refractivity contribution in [1.29, 1.82) is 0 Å². The lowest BCUT2D eigenvalue weighted by Crippen LogP contribution is -2.36. The van der Waals surface area contributed by atoms with Gasteiger partial charge < -0.3 is 10.8 Å². The molecule has 2 nitrogen and oxygen atoms in total. The van der Waals surface area contributed by atoms with Crippen LogP contribution in [0.15, 0.2) is 0 Å². The van der Waals surface area contributed by atoms with Crippen LogP contribution >= 0.6 is 0 Å². The van der Waals surface area contributed by atoms with Gasteiger partial charge in [-0.3, -0.25) is 0 Å². The largest absolute Gasteiger partial charge is 0.390 e. The van der Waals surface area contributed by atoms with Crippen LogP contribution in [0.3, 0.4) is 0 Å². The summed E-state index contributed by atoms with van der Waals surface area (Å²) in [5.41, 5.74) is 5.20. The van der Waals surface area contributed by atoms with Crippen LogP contribution in [0.4, 0.5) is 0 Å². The van der Waals surface area contributed by atoms with E-state index in [2.05, 4.69) is 0 Å². The summed E-state index contributed by atoms with van der Waals surface area (Å²) in [7, 11) is 0. The molecule has 2 fully saturated rings. The van der Waals surface area contributed by atoms with Gasteiger partial charge in [0.25, 0.3) is 0 Å². The second kappa shape index (κ2) is 1.95. The van der Waals surface area contributed by atoms with Gasteiger partial charge in [0, 0.05) is 5.92 Å². The first-order valence-electron chi connectivity index (χ1n) is 4.17. The van der Waals surface area contributed by atoms with Gasteiger partial charge in [0.15, 0.2) is 0 Å². The van der Waals surface area contributed by atoms with E-state index in [9.17, 15) is 5.11 Å². The topological polar surface area (TPSA) is 46.2 Å². The fourth-order valence-corrected chi connectivity index (χ4v) is 2.67. The highest BCUT2D eigenvalue weighted by Gasteiger charge is 2.49. The van der Waals surface area contributed by atoms with Crippen molar-refractivity contribution in [2.75, 3.05) is 6.54 Å². The molecule has 2 bridgehead atoms. The fraction of sp³-hybridized carbons (Fsp3) is 1.00. The molecule has 0 aromatic rings. The summed E-state index contributed by atoms with van der Waals surface area (Å²) in [5, 5.41) is 9.92. The fourth-order valence-electron chi connectivity index (χ4n) is 2.67. The van der Waals surface area contributed by atoms with E-state index < -0.39 is 0 Å². The van der Waals surface area contributed by atoms with Gasteiger partial charge in [-0.25, -0.2) is 0 Å². The van der Waals surface area contributed by atoms with Crippen LogP contribution in [0.5, 0.6) is 0 Å². The zero-order valence-electron chi connectivity index (χ0n) is 6.21. The average molecular weight is 141 g/mol. The second-order valence-corrected chi connectivity index (χ2v) is 3.88. The summed E-state index contributed by atoms with van der Waals surface area (Å²) in [6.07, 6.45) is 4.42. The summed E-state index contributed by atoms with van der Waals surface area (Å²) in [5.74, 6) is 1.20. The maximum atomic E-state index is 9.92. The molecule has 2 aliphatic rings. The van der Waals surface area contributed by atoms with Crippen LogP contribution in [-0.2, 0) is 0 Å². The van der Waals surface area contributed by atoms with Crippen molar-refractivity contribution in [3.05, 3.63) is 0 Å². The highest BCUT2D eigenvalue weighted by atomic mass is 16.3. The Hall–Kier alpha value is -0.0800. The molecule has 0 radical (unpaired) electrons. The SMILES string of the molecule is NCC1CC2CCC1(O)C2. The molecule has 0 aliphatic heterocycles. The zero-order chi connectivity index (χ0) is 7.19. The van der Waals surface area contributed by atoms with Gasteiger partial charge >= 0.3 is 0 Å². The Morgan fingerprint density at radius 1 is 1.60 bits per heavy atom. The lowest BCUT2D eigenvalue weighted by atomic mass is 9.85. The van der Waals surface area contributed by atoms with Gasteiger partial charge in [0.1, 0.15) is 0 Å². The first-order chi connectivity index (χ1) is 4.74. The van der Waals surface area contributed by atoms with Crippen LogP contribution < -0.4 is 5.73 Å². The lowest BCUT2D eigenvalue weighted by Gasteiger charge is -2.28. The van der Waals surface area contributed by atoms with Crippen molar-refractivity contribution in [3.8, 4) is 0 Å². The van der Waals surface area contributed by atoms with Crippen molar-refractivity contribution in [2.24, 2.45) is 17.6 Å². The number of rotatable bonds is 1. The highest BCUT2D eigenvalue weighted by molar-refractivity contribution is 5.02. The van der Waals surface area contributed by atoms with Gasteiger partial charge in [-0.1, -0.05) is 0 Å². The molecule has 0 aromatic carbocycles. The number of aliphatic hydroxyl groups is 1. The summed E-state index contributed by atoms with van der Waals surface area (Å²) in [4.78, 5) is 0. The molecule has 2 rings (SSSR count). The van der Waals surface area contributed by atoms with Crippen molar-refractivity contribution in [1.82, 2.24) is 0 Å². The Balaban J connectivity index is 2.14. The molecule has 3 N–H and O–H groups in total. The molecule has 10 heavy (non-hydrogen) atoms. The van der Waals surface area contributed by atoms with Crippen LogP contribution in [0.25, 0.3) is 0 Å². The molecular weight excluding hydrogens is 126 g/mol. The van der Waals surface area contributed by atoms with E-state index in [0.29, 0.717) is 12.5 Å². The first-order valence-corrected chi connectivity index (χ1v) is 4.17. The molecule has 2 saturated carbocycles. The lowest BCUT2D eigenvalue weighted by molar-refractivity contribution is 0.00580. The van der Waals surface area contributed by atoms with Crippen LogP contribution in [0.2, 0.25) is 0 Å². The maximum Gasteiger partial charge on any atom is 0.0690 e. The zero-order valence-corrected chi connectivity index (χ0v) is 6.21. The van der Waals surface area contributed by atoms with Crippen molar-refractivity contribution in [2.45, 2.75) is 31.3 Å². The Morgan fingerprint density at radius 3 is 2.70 bits per heavy atom. The monoisotopic (exact) mass is 141 g/mol. The van der Waals surface area contributed by atoms with E-state index >= 15 is 0 Å². The summed E-state index contributed by atoms with van der Waals surface area (Å²) in [6, 6.07) is 0. The predicted molar refractivity (Wildman–Crippen MR) is 39.5 cm³/mol. The normalized spacial score (nSPS) is 52.2. The molecule has 0 spiro atoms. The third-order valence-electron chi connectivity index (χ3n) is 3.29. The smallest absolute Gasteiger partial charge is 0.0690 e. The predicted octanol–water partition coefficient (Wildman–Crippen LogP) is 0.496. The molecule has 2 heteroatoms. The van der Waals surface area contributed by atoms with Gasteiger partial charge in [0.2, 0.25) is 0 Å².